The number of nitrogens with zero attached hydrogens (tertiary/aromatic N) is 3. The summed E-state index contributed by atoms with van der Waals surface area (Å²) in [6, 6.07) is 13.2. The zero-order chi connectivity index (χ0) is 22.5. The van der Waals surface area contributed by atoms with E-state index < -0.39 is 11.7 Å². The third-order valence-electron chi connectivity index (χ3n) is 6.81. The number of hydrogen-bond donors (Lipinski definition) is 1. The van der Waals surface area contributed by atoms with Crippen LogP contribution in [-0.2, 0) is 10.3 Å². The summed E-state index contributed by atoms with van der Waals surface area (Å²) < 4.78 is 5.78. The van der Waals surface area contributed by atoms with Gasteiger partial charge in [0.25, 0.3) is 5.91 Å². The molecule has 2 aromatic rings. The van der Waals surface area contributed by atoms with Crippen molar-refractivity contribution in [2.24, 2.45) is 0 Å². The molecule has 1 atom stereocenters. The molecule has 8 heteroatoms. The number of hydrogen-bond acceptors (Lipinski definition) is 5. The number of carbonyl (C=O) groups is 3. The first-order valence-electron chi connectivity index (χ1n) is 10.8. The van der Waals surface area contributed by atoms with Gasteiger partial charge in [0.05, 0.1) is 12.1 Å². The van der Waals surface area contributed by atoms with Gasteiger partial charge < -0.3 is 24.5 Å². The maximum absolute atomic E-state index is 13.5. The predicted octanol–water partition coefficient (Wildman–Crippen LogP) is 2.71. The minimum atomic E-state index is -0.901. The van der Waals surface area contributed by atoms with E-state index in [1.807, 2.05) is 43.3 Å². The van der Waals surface area contributed by atoms with Gasteiger partial charge in [0, 0.05) is 56.0 Å². The molecule has 2 fully saturated rings. The molecule has 5 rings (SSSR count). The fraction of sp³-hybridized carbons (Fsp3) is 0.375. The van der Waals surface area contributed by atoms with Gasteiger partial charge in [-0.2, -0.15) is 0 Å². The highest BCUT2D eigenvalue weighted by atomic mass is 16.6. The molecule has 2 saturated heterocycles. The van der Waals surface area contributed by atoms with Gasteiger partial charge in [0.1, 0.15) is 0 Å². The Morgan fingerprint density at radius 2 is 1.75 bits per heavy atom. The molecule has 0 aliphatic carbocycles. The number of likely N-dealkylation sites (tertiary alicyclic amines) is 1. The average Bonchev–Trinajstić information content (AvgIpc) is 3.35. The van der Waals surface area contributed by atoms with Crippen LogP contribution in [0.25, 0.3) is 0 Å². The van der Waals surface area contributed by atoms with Crippen LogP contribution in [0.4, 0.5) is 10.5 Å². The Morgan fingerprint density at radius 3 is 2.50 bits per heavy atom. The fourth-order valence-corrected chi connectivity index (χ4v) is 4.97. The van der Waals surface area contributed by atoms with E-state index in [2.05, 4.69) is 4.90 Å². The van der Waals surface area contributed by atoms with Gasteiger partial charge in [-0.1, -0.05) is 24.3 Å². The van der Waals surface area contributed by atoms with E-state index in [1.165, 1.54) is 4.90 Å². The highest BCUT2D eigenvalue weighted by molar-refractivity contribution is 5.98. The number of ether oxygens (including phenoxy) is 1. The minimum absolute atomic E-state index is 0.0779. The van der Waals surface area contributed by atoms with Crippen molar-refractivity contribution < 1.29 is 24.2 Å². The van der Waals surface area contributed by atoms with Crippen LogP contribution in [-0.4, -0.2) is 72.1 Å². The molecule has 0 saturated carbocycles. The number of carboxylic acid groups (broad SMARTS) is 1. The first-order chi connectivity index (χ1) is 15.4. The molecular weight excluding hydrogens is 410 g/mol. The van der Waals surface area contributed by atoms with Crippen LogP contribution >= 0.6 is 0 Å². The first kappa shape index (κ1) is 20.4. The Balaban J connectivity index is 1.35. The largest absolute Gasteiger partial charge is 0.465 e. The van der Waals surface area contributed by atoms with E-state index in [-0.39, 0.29) is 11.9 Å². The third kappa shape index (κ3) is 3.26. The molecule has 0 aromatic heterocycles. The molecule has 8 nitrogen and oxygen atoms in total. The highest BCUT2D eigenvalue weighted by Gasteiger charge is 2.51. The normalized spacial score (nSPS) is 22.3. The van der Waals surface area contributed by atoms with E-state index in [4.69, 9.17) is 9.84 Å². The number of amides is 2. The molecule has 166 valence electrons. The van der Waals surface area contributed by atoms with Crippen molar-refractivity contribution in [1.29, 1.82) is 0 Å². The molecule has 1 spiro atoms. The number of aryl methyl sites for hydroxylation is 1. The Morgan fingerprint density at radius 1 is 1.00 bits per heavy atom. The lowest BCUT2D eigenvalue weighted by Gasteiger charge is -2.35. The number of piperazine rings is 1. The fourth-order valence-electron chi connectivity index (χ4n) is 4.97. The van der Waals surface area contributed by atoms with Gasteiger partial charge in [-0.25, -0.2) is 9.59 Å². The van der Waals surface area contributed by atoms with Crippen molar-refractivity contribution in [2.75, 3.05) is 44.2 Å². The summed E-state index contributed by atoms with van der Waals surface area (Å²) in [7, 11) is 0. The van der Waals surface area contributed by atoms with E-state index in [0.29, 0.717) is 56.8 Å². The molecule has 2 aromatic carbocycles. The minimum Gasteiger partial charge on any atom is -0.465 e. The lowest BCUT2D eigenvalue weighted by Crippen LogP contribution is -2.48. The monoisotopic (exact) mass is 435 g/mol. The molecule has 0 unspecified atom stereocenters. The summed E-state index contributed by atoms with van der Waals surface area (Å²) in [5.74, 6) is -0.403. The molecule has 0 bridgehead atoms. The Labute approximate surface area is 186 Å². The summed E-state index contributed by atoms with van der Waals surface area (Å²) >= 11 is 0. The van der Waals surface area contributed by atoms with Gasteiger partial charge in [-0.3, -0.25) is 4.79 Å². The second kappa shape index (κ2) is 7.55. The SMILES string of the molecule is Cc1ccc(N2CCN(C(=O)O)CC2)cc1C(=O)N1CC[C@@]2(C1)OC(=O)c1ccccc12. The molecule has 32 heavy (non-hydrogen) atoms. The number of esters is 1. The number of rotatable bonds is 2. The lowest BCUT2D eigenvalue weighted by atomic mass is 9.91. The Kier molecular flexibility index (Phi) is 4.80. The second-order valence-electron chi connectivity index (χ2n) is 8.66. The summed E-state index contributed by atoms with van der Waals surface area (Å²) in [5, 5.41) is 9.16. The van der Waals surface area contributed by atoms with Crippen molar-refractivity contribution in [1.82, 2.24) is 9.80 Å². The van der Waals surface area contributed by atoms with Gasteiger partial charge >= 0.3 is 12.1 Å². The van der Waals surface area contributed by atoms with Crippen LogP contribution in [0.15, 0.2) is 42.5 Å². The van der Waals surface area contributed by atoms with E-state index in [0.717, 1.165) is 16.8 Å². The Hall–Kier alpha value is -3.55. The zero-order valence-corrected chi connectivity index (χ0v) is 17.9. The van der Waals surface area contributed by atoms with Crippen LogP contribution in [0, 0.1) is 6.92 Å². The smallest absolute Gasteiger partial charge is 0.407 e. The summed E-state index contributed by atoms with van der Waals surface area (Å²) in [6.45, 7) is 4.82. The molecular formula is C24H25N3O5. The van der Waals surface area contributed by atoms with Crippen LogP contribution in [0.3, 0.4) is 0 Å². The van der Waals surface area contributed by atoms with Crippen molar-refractivity contribution in [3.05, 3.63) is 64.7 Å². The number of fused-ring (bicyclic) bond motifs is 2. The van der Waals surface area contributed by atoms with Gasteiger partial charge in [0.15, 0.2) is 5.60 Å². The summed E-state index contributed by atoms with van der Waals surface area (Å²) in [6.07, 6.45) is -0.321. The summed E-state index contributed by atoms with van der Waals surface area (Å²) in [4.78, 5) is 42.2. The van der Waals surface area contributed by atoms with Gasteiger partial charge in [-0.05, 0) is 30.7 Å². The van der Waals surface area contributed by atoms with Crippen LogP contribution in [0.5, 0.6) is 0 Å². The van der Waals surface area contributed by atoms with Crippen molar-refractivity contribution >= 4 is 23.7 Å². The molecule has 3 aliphatic rings. The van der Waals surface area contributed by atoms with Crippen LogP contribution in [0.2, 0.25) is 0 Å². The zero-order valence-electron chi connectivity index (χ0n) is 17.9. The average molecular weight is 435 g/mol. The first-order valence-corrected chi connectivity index (χ1v) is 10.8. The molecule has 0 radical (unpaired) electrons. The van der Waals surface area contributed by atoms with E-state index in [1.54, 1.807) is 11.0 Å². The quantitative estimate of drug-likeness (QED) is 0.730. The van der Waals surface area contributed by atoms with Gasteiger partial charge in [-0.15, -0.1) is 0 Å². The molecule has 1 N–H and O–H groups in total. The van der Waals surface area contributed by atoms with Gasteiger partial charge in [0.2, 0.25) is 0 Å². The lowest BCUT2D eigenvalue weighted by molar-refractivity contribution is -0.00307. The Bertz CT molecular complexity index is 1110. The predicted molar refractivity (Wildman–Crippen MR) is 117 cm³/mol. The number of benzene rings is 2. The topological polar surface area (TPSA) is 90.4 Å². The number of anilines is 1. The maximum atomic E-state index is 13.5. The standard InChI is InChI=1S/C24H25N3O5/c1-16-6-7-17(25-10-12-26(13-11-25)23(30)31)14-19(16)21(28)27-9-8-24(15-27)20-5-3-2-4-18(20)22(29)32-24/h2-7,14H,8-13,15H2,1H3,(H,30,31)/t24-/m0/s1. The summed E-state index contributed by atoms with van der Waals surface area (Å²) in [5.41, 5.74) is 3.10. The van der Waals surface area contributed by atoms with Crippen molar-refractivity contribution in [3.8, 4) is 0 Å². The molecule has 3 aliphatic heterocycles. The second-order valence-corrected chi connectivity index (χ2v) is 8.66. The molecule has 3 heterocycles. The van der Waals surface area contributed by atoms with E-state index >= 15 is 0 Å². The van der Waals surface area contributed by atoms with Crippen LogP contribution < -0.4 is 4.90 Å². The maximum Gasteiger partial charge on any atom is 0.407 e. The van der Waals surface area contributed by atoms with Crippen LogP contribution in [0.1, 0.15) is 38.3 Å². The van der Waals surface area contributed by atoms with Crippen molar-refractivity contribution in [3.63, 3.8) is 0 Å². The van der Waals surface area contributed by atoms with E-state index in [9.17, 15) is 14.4 Å². The third-order valence-corrected chi connectivity index (χ3v) is 6.81. The van der Waals surface area contributed by atoms with Crippen molar-refractivity contribution in [2.45, 2.75) is 18.9 Å². The highest BCUT2D eigenvalue weighted by Crippen LogP contribution is 2.43. The molecule has 2 amide bonds. The number of carbonyl (C=O) groups excluding carboxylic acids is 2.